The molecular weight excluding hydrogens is 445 g/mol. The SMILES string of the molecule is O=C1CC(C(=O)NC2(c3ccc(S(F)(F)(F)(F)F)cc3)CC2)NC(c2ncccn2)N1. The Kier molecular flexibility index (Phi) is 4.39. The molecule has 1 saturated carbocycles. The molecule has 2 heterocycles. The predicted molar refractivity (Wildman–Crippen MR) is 101 cm³/mol. The molecule has 0 bridgehead atoms. The smallest absolute Gasteiger partial charge is 0.310 e. The molecule has 1 aliphatic heterocycles. The minimum absolute atomic E-state index is 0.158. The topological polar surface area (TPSA) is 96.0 Å². The van der Waals surface area contributed by atoms with Crippen molar-refractivity contribution in [1.29, 1.82) is 0 Å². The zero-order valence-electron chi connectivity index (χ0n) is 15.8. The first-order valence-electron chi connectivity index (χ1n) is 9.25. The van der Waals surface area contributed by atoms with Crippen LogP contribution in [0.1, 0.15) is 36.8 Å². The third kappa shape index (κ3) is 4.61. The predicted octanol–water partition coefficient (Wildman–Crippen LogP) is 3.42. The molecule has 2 aromatic rings. The van der Waals surface area contributed by atoms with E-state index in [9.17, 15) is 29.0 Å². The van der Waals surface area contributed by atoms with Crippen molar-refractivity contribution in [3.8, 4) is 0 Å². The van der Waals surface area contributed by atoms with E-state index in [2.05, 4.69) is 25.9 Å². The molecule has 168 valence electrons. The Balaban J connectivity index is 1.49. The van der Waals surface area contributed by atoms with Crippen molar-refractivity contribution in [3.63, 3.8) is 0 Å². The summed E-state index contributed by atoms with van der Waals surface area (Å²) >= 11 is 0. The average Bonchev–Trinajstić information content (AvgIpc) is 3.47. The van der Waals surface area contributed by atoms with E-state index in [4.69, 9.17) is 0 Å². The van der Waals surface area contributed by atoms with Crippen LogP contribution < -0.4 is 16.0 Å². The number of nitrogens with zero attached hydrogens (tertiary/aromatic N) is 2. The molecule has 3 N–H and O–H groups in total. The van der Waals surface area contributed by atoms with Gasteiger partial charge in [0, 0.05) is 12.4 Å². The van der Waals surface area contributed by atoms with Gasteiger partial charge in [-0.15, -0.1) is 0 Å². The van der Waals surface area contributed by atoms with E-state index < -0.39 is 44.7 Å². The summed E-state index contributed by atoms with van der Waals surface area (Å²) in [6, 6.07) is 3.22. The van der Waals surface area contributed by atoms with E-state index in [1.807, 2.05) is 0 Å². The summed E-state index contributed by atoms with van der Waals surface area (Å²) in [5, 5.41) is 8.30. The molecule has 2 amide bonds. The quantitative estimate of drug-likeness (QED) is 0.591. The van der Waals surface area contributed by atoms with Gasteiger partial charge in [-0.05, 0) is 36.6 Å². The molecule has 4 rings (SSSR count). The minimum atomic E-state index is -9.77. The molecule has 0 spiro atoms. The fourth-order valence-corrected chi connectivity index (χ4v) is 4.09. The van der Waals surface area contributed by atoms with Gasteiger partial charge < -0.3 is 10.6 Å². The zero-order valence-corrected chi connectivity index (χ0v) is 16.6. The Bertz CT molecular complexity index is 1030. The maximum absolute atomic E-state index is 12.9. The van der Waals surface area contributed by atoms with E-state index in [1.165, 1.54) is 12.4 Å². The molecule has 1 saturated heterocycles. The highest BCUT2D eigenvalue weighted by Gasteiger charge is 2.65. The van der Waals surface area contributed by atoms with Crippen molar-refractivity contribution in [1.82, 2.24) is 25.9 Å². The van der Waals surface area contributed by atoms with Gasteiger partial charge in [0.1, 0.15) is 11.1 Å². The first kappa shape index (κ1) is 21.4. The molecular formula is C18H18F5N5O2S. The van der Waals surface area contributed by atoms with Crippen molar-refractivity contribution in [2.45, 2.75) is 41.9 Å². The van der Waals surface area contributed by atoms with Crippen molar-refractivity contribution in [2.75, 3.05) is 0 Å². The summed E-state index contributed by atoms with van der Waals surface area (Å²) in [5.74, 6) is -0.674. The number of aromatic nitrogens is 2. The van der Waals surface area contributed by atoms with Crippen molar-refractivity contribution in [3.05, 3.63) is 54.1 Å². The second-order valence-corrected chi connectivity index (χ2v) is 10.0. The van der Waals surface area contributed by atoms with Gasteiger partial charge in [-0.2, -0.15) is 0 Å². The van der Waals surface area contributed by atoms with E-state index in [0.29, 0.717) is 25.0 Å². The highest BCUT2D eigenvalue weighted by Crippen LogP contribution is 3.02. The lowest BCUT2D eigenvalue weighted by molar-refractivity contribution is -0.132. The van der Waals surface area contributed by atoms with Crippen LogP contribution in [0.2, 0.25) is 0 Å². The number of rotatable bonds is 5. The third-order valence-electron chi connectivity index (χ3n) is 5.19. The fraction of sp³-hybridized carbons (Fsp3) is 0.333. The number of hydrogen-bond donors (Lipinski definition) is 3. The van der Waals surface area contributed by atoms with Crippen LogP contribution in [-0.2, 0) is 15.1 Å². The number of nitrogens with one attached hydrogen (secondary N) is 3. The fourth-order valence-electron chi connectivity index (χ4n) is 3.44. The maximum atomic E-state index is 12.9. The highest BCUT2D eigenvalue weighted by atomic mass is 32.5. The molecule has 7 nitrogen and oxygen atoms in total. The summed E-state index contributed by atoms with van der Waals surface area (Å²) in [7, 11) is -9.77. The van der Waals surface area contributed by atoms with Crippen LogP contribution in [0, 0.1) is 0 Å². The van der Waals surface area contributed by atoms with Gasteiger partial charge >= 0.3 is 10.2 Å². The number of carbonyl (C=O) groups excluding carboxylic acids is 2. The molecule has 1 aromatic heterocycles. The molecule has 31 heavy (non-hydrogen) atoms. The van der Waals surface area contributed by atoms with Gasteiger partial charge in [0.2, 0.25) is 11.8 Å². The number of amides is 2. The standard InChI is InChI=1S/C18H18F5N5O2S/c19-31(20,21,22,23)12-4-2-11(3-5-12)18(6-7-18)28-17(30)13-10-14(29)27-16(26-13)15-24-8-1-9-25-15/h1-5,8-9,13,16,26H,6-7,10H2,(H,27,29)(H,28,30). The first-order chi connectivity index (χ1) is 14.3. The maximum Gasteiger partial charge on any atom is 0.310 e. The van der Waals surface area contributed by atoms with Crippen molar-refractivity contribution in [2.24, 2.45) is 0 Å². The van der Waals surface area contributed by atoms with Gasteiger partial charge in [-0.25, -0.2) is 9.97 Å². The average molecular weight is 463 g/mol. The van der Waals surface area contributed by atoms with E-state index in [0.717, 1.165) is 12.1 Å². The Morgan fingerprint density at radius 1 is 1.06 bits per heavy atom. The number of hydrogen-bond acceptors (Lipinski definition) is 5. The van der Waals surface area contributed by atoms with Crippen molar-refractivity contribution >= 4 is 22.0 Å². The summed E-state index contributed by atoms with van der Waals surface area (Å²) in [6.07, 6.45) is 2.88. The zero-order chi connectivity index (χ0) is 22.6. The molecule has 2 fully saturated rings. The van der Waals surface area contributed by atoms with Crippen LogP contribution in [0.5, 0.6) is 0 Å². The monoisotopic (exact) mass is 463 g/mol. The van der Waals surface area contributed by atoms with E-state index in [1.54, 1.807) is 6.07 Å². The molecule has 0 radical (unpaired) electrons. The molecule has 1 aliphatic carbocycles. The van der Waals surface area contributed by atoms with Gasteiger partial charge in [-0.3, -0.25) is 14.9 Å². The van der Waals surface area contributed by atoms with Crippen LogP contribution in [0.25, 0.3) is 0 Å². The van der Waals surface area contributed by atoms with Crippen LogP contribution in [0.3, 0.4) is 0 Å². The van der Waals surface area contributed by atoms with E-state index >= 15 is 0 Å². The Labute approximate surface area is 173 Å². The van der Waals surface area contributed by atoms with Crippen LogP contribution in [0.15, 0.2) is 47.6 Å². The number of halogens is 5. The lowest BCUT2D eigenvalue weighted by Crippen LogP contribution is -2.57. The van der Waals surface area contributed by atoms with Crippen molar-refractivity contribution < 1.29 is 29.0 Å². The van der Waals surface area contributed by atoms with Gasteiger partial charge in [0.15, 0.2) is 5.82 Å². The molecule has 1 aromatic carbocycles. The second-order valence-electron chi connectivity index (χ2n) is 7.60. The summed E-state index contributed by atoms with van der Waals surface area (Å²) < 4.78 is 64.7. The molecule has 2 unspecified atom stereocenters. The Hall–Kier alpha value is -2.80. The minimum Gasteiger partial charge on any atom is -0.345 e. The van der Waals surface area contributed by atoms with Crippen LogP contribution >= 0.6 is 10.2 Å². The highest BCUT2D eigenvalue weighted by molar-refractivity contribution is 8.45. The van der Waals surface area contributed by atoms with Gasteiger partial charge in [0.05, 0.1) is 18.0 Å². The third-order valence-corrected chi connectivity index (χ3v) is 6.35. The van der Waals surface area contributed by atoms with Gasteiger partial charge in [-0.1, -0.05) is 31.6 Å². The number of carbonyl (C=O) groups is 2. The lowest BCUT2D eigenvalue weighted by Gasteiger charge is -2.40. The molecule has 13 heteroatoms. The molecule has 2 aliphatic rings. The van der Waals surface area contributed by atoms with Crippen LogP contribution in [0.4, 0.5) is 19.4 Å². The largest absolute Gasteiger partial charge is 0.345 e. The summed E-state index contributed by atoms with van der Waals surface area (Å²) in [4.78, 5) is 30.9. The Morgan fingerprint density at radius 3 is 2.23 bits per heavy atom. The van der Waals surface area contributed by atoms with Gasteiger partial charge in [0.25, 0.3) is 0 Å². The normalized spacial score (nSPS) is 25.0. The summed E-state index contributed by atoms with van der Waals surface area (Å²) in [6.45, 7) is 0. The number of benzene rings is 1. The van der Waals surface area contributed by atoms with Crippen LogP contribution in [-0.4, -0.2) is 27.8 Å². The second kappa shape index (κ2) is 6.36. The Morgan fingerprint density at radius 2 is 1.68 bits per heavy atom. The van der Waals surface area contributed by atoms with E-state index in [-0.39, 0.29) is 17.8 Å². The lowest BCUT2D eigenvalue weighted by atomic mass is 10.0. The first-order valence-corrected chi connectivity index (χ1v) is 11.2. The molecule has 2 atom stereocenters. The summed E-state index contributed by atoms with van der Waals surface area (Å²) in [5.41, 5.74) is -0.670.